The average Bonchev–Trinajstić information content (AvgIpc) is 2.71. The number of ether oxygens (including phenoxy) is 1. The molecule has 2 aromatic rings. The molecule has 0 bridgehead atoms. The Morgan fingerprint density at radius 3 is 2.70 bits per heavy atom. The number of likely N-dealkylation sites (N-methyl/N-ethyl adjacent to an activating group) is 2. The molecule has 30 heavy (non-hydrogen) atoms. The van der Waals surface area contributed by atoms with Crippen LogP contribution >= 0.6 is 0 Å². The van der Waals surface area contributed by atoms with Crippen molar-refractivity contribution in [1.29, 1.82) is 0 Å². The number of carbonyl (C=O) groups is 1. The zero-order valence-electron chi connectivity index (χ0n) is 17.1. The Balaban J connectivity index is 1.33. The molecule has 1 aromatic heterocycles. The summed E-state index contributed by atoms with van der Waals surface area (Å²) in [6.07, 6.45) is 3.46. The number of nitrogens with zero attached hydrogens (tertiary/aromatic N) is 4. The molecule has 1 saturated carbocycles. The second kappa shape index (κ2) is 8.41. The molecule has 4 rings (SSSR count). The summed E-state index contributed by atoms with van der Waals surface area (Å²) in [5, 5.41) is 3.34. The van der Waals surface area contributed by atoms with Crippen LogP contribution in [0, 0.1) is 17.6 Å². The zero-order valence-corrected chi connectivity index (χ0v) is 17.1. The van der Waals surface area contributed by atoms with Gasteiger partial charge >= 0.3 is 0 Å². The fourth-order valence-electron chi connectivity index (χ4n) is 3.88. The Morgan fingerprint density at radius 2 is 2.00 bits per heavy atom. The van der Waals surface area contributed by atoms with Crippen molar-refractivity contribution in [3.63, 3.8) is 0 Å². The molecule has 1 aliphatic carbocycles. The summed E-state index contributed by atoms with van der Waals surface area (Å²) in [6.45, 7) is 5.98. The van der Waals surface area contributed by atoms with E-state index in [1.54, 1.807) is 11.1 Å². The van der Waals surface area contributed by atoms with Crippen molar-refractivity contribution in [3.05, 3.63) is 36.0 Å². The molecule has 9 heteroatoms. The topological polar surface area (TPSA) is 70.6 Å². The fourth-order valence-corrected chi connectivity index (χ4v) is 3.88. The van der Waals surface area contributed by atoms with Gasteiger partial charge in [-0.15, -0.1) is 0 Å². The third-order valence-electron chi connectivity index (χ3n) is 5.61. The third kappa shape index (κ3) is 4.01. The second-order valence-corrected chi connectivity index (χ2v) is 7.62. The van der Waals surface area contributed by atoms with E-state index in [0.29, 0.717) is 43.9 Å². The van der Waals surface area contributed by atoms with E-state index in [0.717, 1.165) is 36.5 Å². The maximum absolute atomic E-state index is 13.2. The van der Waals surface area contributed by atoms with Crippen molar-refractivity contribution in [3.8, 4) is 5.75 Å². The van der Waals surface area contributed by atoms with Crippen molar-refractivity contribution in [2.45, 2.75) is 32.7 Å². The molecule has 1 aromatic carbocycles. The number of amides is 1. The monoisotopic (exact) mass is 417 g/mol. The van der Waals surface area contributed by atoms with Crippen molar-refractivity contribution >= 4 is 23.4 Å². The molecule has 7 nitrogen and oxygen atoms in total. The van der Waals surface area contributed by atoms with E-state index in [1.165, 1.54) is 6.07 Å². The molecular weight excluding hydrogens is 392 g/mol. The predicted molar refractivity (Wildman–Crippen MR) is 110 cm³/mol. The Kier molecular flexibility index (Phi) is 5.69. The quantitative estimate of drug-likeness (QED) is 0.746. The third-order valence-corrected chi connectivity index (χ3v) is 5.61. The van der Waals surface area contributed by atoms with Crippen molar-refractivity contribution in [2.75, 3.05) is 41.4 Å². The Hall–Kier alpha value is -2.97. The van der Waals surface area contributed by atoms with Gasteiger partial charge < -0.3 is 19.9 Å². The number of benzene rings is 1. The first kappa shape index (κ1) is 20.3. The van der Waals surface area contributed by atoms with Gasteiger partial charge in [-0.05, 0) is 44.7 Å². The number of rotatable bonds is 7. The molecule has 0 spiro atoms. The van der Waals surface area contributed by atoms with Gasteiger partial charge in [0, 0.05) is 25.2 Å². The summed E-state index contributed by atoms with van der Waals surface area (Å²) >= 11 is 0. The highest BCUT2D eigenvalue weighted by Gasteiger charge is 2.32. The molecule has 1 amide bonds. The summed E-state index contributed by atoms with van der Waals surface area (Å²) in [6, 6.07) is 3.78. The number of carbonyl (C=O) groups excluding carboxylic acids is 1. The minimum Gasteiger partial charge on any atom is -0.493 e. The van der Waals surface area contributed by atoms with Crippen LogP contribution < -0.4 is 19.9 Å². The summed E-state index contributed by atoms with van der Waals surface area (Å²) in [5.41, 5.74) is 0.743. The molecule has 2 heterocycles. The summed E-state index contributed by atoms with van der Waals surface area (Å²) < 4.78 is 31.8. The van der Waals surface area contributed by atoms with Crippen LogP contribution in [-0.2, 0) is 4.79 Å². The fraction of sp³-hybridized carbons (Fsp3) is 0.476. The van der Waals surface area contributed by atoms with Crippen LogP contribution in [0.1, 0.15) is 26.7 Å². The SMILES string of the molecule is CCN1CC(=O)N(CC)c2cnc(NC3CC(COc4ccc(F)c(F)c4)C3)nc21. The van der Waals surface area contributed by atoms with E-state index in [-0.39, 0.29) is 11.9 Å². The van der Waals surface area contributed by atoms with Gasteiger partial charge in [0.15, 0.2) is 17.5 Å². The molecule has 160 valence electrons. The molecule has 0 radical (unpaired) electrons. The Bertz CT molecular complexity index is 936. The van der Waals surface area contributed by atoms with Crippen molar-refractivity contribution in [1.82, 2.24) is 9.97 Å². The molecular formula is C21H25F2N5O2. The maximum atomic E-state index is 13.2. The van der Waals surface area contributed by atoms with E-state index in [4.69, 9.17) is 4.74 Å². The number of anilines is 3. The second-order valence-electron chi connectivity index (χ2n) is 7.62. The minimum absolute atomic E-state index is 0.0547. The minimum atomic E-state index is -0.908. The molecule has 0 saturated heterocycles. The molecule has 1 aliphatic heterocycles. The zero-order chi connectivity index (χ0) is 21.3. The van der Waals surface area contributed by atoms with Gasteiger partial charge in [0.05, 0.1) is 19.3 Å². The highest BCUT2D eigenvalue weighted by atomic mass is 19.2. The van der Waals surface area contributed by atoms with Crippen LogP contribution in [0.5, 0.6) is 5.75 Å². The van der Waals surface area contributed by atoms with Crippen LogP contribution in [0.3, 0.4) is 0 Å². The Morgan fingerprint density at radius 1 is 1.20 bits per heavy atom. The van der Waals surface area contributed by atoms with E-state index < -0.39 is 11.6 Å². The number of nitrogens with one attached hydrogen (secondary N) is 1. The number of hydrogen-bond donors (Lipinski definition) is 1. The van der Waals surface area contributed by atoms with E-state index in [2.05, 4.69) is 15.3 Å². The summed E-state index contributed by atoms with van der Waals surface area (Å²) in [7, 11) is 0. The van der Waals surface area contributed by atoms with Crippen LogP contribution in [-0.4, -0.2) is 48.2 Å². The lowest BCUT2D eigenvalue weighted by Gasteiger charge is -2.37. The number of halogens is 2. The number of hydrogen-bond acceptors (Lipinski definition) is 6. The standard InChI is InChI=1S/C21H25F2N5O2/c1-3-27-11-19(29)28(4-2)18-10-24-21(26-20(18)27)25-14-7-13(8-14)12-30-15-5-6-16(22)17(23)9-15/h5-6,9-10,13-14H,3-4,7-8,11-12H2,1-2H3,(H,24,25,26). The molecule has 1 N–H and O–H groups in total. The van der Waals surface area contributed by atoms with Crippen molar-refractivity contribution in [2.24, 2.45) is 5.92 Å². The normalized spacial score (nSPS) is 20.6. The van der Waals surface area contributed by atoms with Crippen molar-refractivity contribution < 1.29 is 18.3 Å². The highest BCUT2D eigenvalue weighted by molar-refractivity contribution is 6.02. The maximum Gasteiger partial charge on any atom is 0.246 e. The summed E-state index contributed by atoms with van der Waals surface area (Å²) in [5.74, 6) is 0.241. The molecule has 0 unspecified atom stereocenters. The van der Waals surface area contributed by atoms with Crippen LogP contribution in [0.25, 0.3) is 0 Å². The van der Waals surface area contributed by atoms with Crippen LogP contribution in [0.2, 0.25) is 0 Å². The first-order valence-corrected chi connectivity index (χ1v) is 10.2. The number of fused-ring (bicyclic) bond motifs is 1. The van der Waals surface area contributed by atoms with E-state index in [9.17, 15) is 13.6 Å². The lowest BCUT2D eigenvalue weighted by Crippen LogP contribution is -2.46. The van der Waals surface area contributed by atoms with Gasteiger partial charge in [0.1, 0.15) is 11.4 Å². The van der Waals surface area contributed by atoms with Gasteiger partial charge in [-0.1, -0.05) is 0 Å². The van der Waals surface area contributed by atoms with Gasteiger partial charge in [0.25, 0.3) is 0 Å². The molecule has 2 aliphatic rings. The molecule has 0 atom stereocenters. The van der Waals surface area contributed by atoms with Gasteiger partial charge in [-0.25, -0.2) is 13.8 Å². The van der Waals surface area contributed by atoms with Gasteiger partial charge in [-0.3, -0.25) is 4.79 Å². The lowest BCUT2D eigenvalue weighted by atomic mass is 9.81. The first-order valence-electron chi connectivity index (χ1n) is 10.2. The first-order chi connectivity index (χ1) is 14.5. The van der Waals surface area contributed by atoms with Crippen LogP contribution in [0.4, 0.5) is 26.2 Å². The van der Waals surface area contributed by atoms with Gasteiger partial charge in [-0.2, -0.15) is 4.98 Å². The average molecular weight is 417 g/mol. The smallest absolute Gasteiger partial charge is 0.246 e. The lowest BCUT2D eigenvalue weighted by molar-refractivity contribution is -0.117. The Labute approximate surface area is 174 Å². The summed E-state index contributed by atoms with van der Waals surface area (Å²) in [4.78, 5) is 25.0. The highest BCUT2D eigenvalue weighted by Crippen LogP contribution is 2.34. The van der Waals surface area contributed by atoms with Crippen LogP contribution in [0.15, 0.2) is 24.4 Å². The predicted octanol–water partition coefficient (Wildman–Crippen LogP) is 3.22. The van der Waals surface area contributed by atoms with E-state index in [1.807, 2.05) is 18.7 Å². The number of aromatic nitrogens is 2. The van der Waals surface area contributed by atoms with E-state index >= 15 is 0 Å². The van der Waals surface area contributed by atoms with Gasteiger partial charge in [0.2, 0.25) is 11.9 Å². The molecule has 1 fully saturated rings. The largest absolute Gasteiger partial charge is 0.493 e.